The number of esters is 1. The molecule has 0 bridgehead atoms. The zero-order chi connectivity index (χ0) is 25.4. The van der Waals surface area contributed by atoms with E-state index in [9.17, 15) is 14.4 Å². The summed E-state index contributed by atoms with van der Waals surface area (Å²) in [5, 5.41) is 2.71. The fraction of sp³-hybridized carbons (Fsp3) is 0.464. The summed E-state index contributed by atoms with van der Waals surface area (Å²) < 4.78 is 15.7. The zero-order valence-corrected chi connectivity index (χ0v) is 21.0. The van der Waals surface area contributed by atoms with E-state index in [-0.39, 0.29) is 23.9 Å². The normalized spacial score (nSPS) is 14.8. The second kappa shape index (κ2) is 12.4. The Labute approximate surface area is 207 Å². The van der Waals surface area contributed by atoms with Gasteiger partial charge in [-0.1, -0.05) is 57.4 Å². The van der Waals surface area contributed by atoms with E-state index in [0.717, 1.165) is 0 Å². The maximum atomic E-state index is 12.8. The molecule has 1 amide bonds. The van der Waals surface area contributed by atoms with Crippen LogP contribution in [0.1, 0.15) is 78.1 Å². The van der Waals surface area contributed by atoms with E-state index in [1.165, 1.54) is 51.9 Å². The number of nitrogens with one attached hydrogen (secondary N) is 1. The lowest BCUT2D eigenvalue weighted by atomic mass is 9.84. The molecule has 3 rings (SSSR count). The molecule has 0 aromatic heterocycles. The maximum Gasteiger partial charge on any atom is 0.329 e. The van der Waals surface area contributed by atoms with Crippen LogP contribution in [0.15, 0.2) is 42.5 Å². The Morgan fingerprint density at radius 1 is 0.886 bits per heavy atom. The largest absolute Gasteiger partial charge is 0.497 e. The number of rotatable bonds is 10. The van der Waals surface area contributed by atoms with Gasteiger partial charge >= 0.3 is 5.97 Å². The van der Waals surface area contributed by atoms with Crippen LogP contribution in [-0.2, 0) is 9.53 Å². The molecule has 0 heterocycles. The lowest BCUT2D eigenvalue weighted by molar-refractivity contribution is -0.145. The third-order valence-corrected chi connectivity index (χ3v) is 6.48. The van der Waals surface area contributed by atoms with Gasteiger partial charge in [-0.25, -0.2) is 4.79 Å². The van der Waals surface area contributed by atoms with Crippen LogP contribution in [0.2, 0.25) is 0 Å². The SMILES string of the molecule is COc1cc(OC)cc(C(=O)NC(C(=O)OCC(=O)c2ccc(C3CCCCC3)cc2)C(C)C)c1. The topological polar surface area (TPSA) is 90.9 Å². The summed E-state index contributed by atoms with van der Waals surface area (Å²) in [4.78, 5) is 38.2. The highest BCUT2D eigenvalue weighted by molar-refractivity contribution is 5.99. The molecular weight excluding hydrogens is 446 g/mol. The highest BCUT2D eigenvalue weighted by Gasteiger charge is 2.27. The van der Waals surface area contributed by atoms with Crippen LogP contribution < -0.4 is 14.8 Å². The van der Waals surface area contributed by atoms with Gasteiger partial charge in [0.2, 0.25) is 0 Å². The average Bonchev–Trinajstić information content (AvgIpc) is 2.90. The van der Waals surface area contributed by atoms with Crippen molar-refractivity contribution >= 4 is 17.7 Å². The molecule has 35 heavy (non-hydrogen) atoms. The zero-order valence-electron chi connectivity index (χ0n) is 21.0. The summed E-state index contributed by atoms with van der Waals surface area (Å²) in [5.74, 6) is -0.177. The lowest BCUT2D eigenvalue weighted by Gasteiger charge is -2.22. The van der Waals surface area contributed by atoms with Crippen LogP contribution in [0.25, 0.3) is 0 Å². The van der Waals surface area contributed by atoms with Crippen LogP contribution in [0, 0.1) is 5.92 Å². The van der Waals surface area contributed by atoms with Crippen molar-refractivity contribution in [1.29, 1.82) is 0 Å². The predicted molar refractivity (Wildman–Crippen MR) is 133 cm³/mol. The number of ketones is 1. The fourth-order valence-electron chi connectivity index (χ4n) is 4.35. The number of Topliss-reactive ketones (excluding diaryl/α,β-unsaturated/α-hetero) is 1. The second-order valence-electron chi connectivity index (χ2n) is 9.28. The number of carbonyl (C=O) groups is 3. The minimum Gasteiger partial charge on any atom is -0.497 e. The molecule has 1 atom stereocenters. The van der Waals surface area contributed by atoms with Crippen molar-refractivity contribution in [2.75, 3.05) is 20.8 Å². The summed E-state index contributed by atoms with van der Waals surface area (Å²) in [5.41, 5.74) is 2.05. The fourth-order valence-corrected chi connectivity index (χ4v) is 4.35. The summed E-state index contributed by atoms with van der Waals surface area (Å²) in [7, 11) is 2.98. The van der Waals surface area contributed by atoms with Crippen molar-refractivity contribution in [3.05, 3.63) is 59.2 Å². The highest BCUT2D eigenvalue weighted by Crippen LogP contribution is 2.32. The molecule has 2 aromatic rings. The molecule has 1 aliphatic rings. The van der Waals surface area contributed by atoms with Gasteiger partial charge in [-0.3, -0.25) is 9.59 Å². The smallest absolute Gasteiger partial charge is 0.329 e. The van der Waals surface area contributed by atoms with Gasteiger partial charge in [0.1, 0.15) is 17.5 Å². The van der Waals surface area contributed by atoms with Gasteiger partial charge in [-0.2, -0.15) is 0 Å². The minimum atomic E-state index is -0.916. The Morgan fingerprint density at radius 3 is 2.03 bits per heavy atom. The van der Waals surface area contributed by atoms with E-state index < -0.39 is 17.9 Å². The van der Waals surface area contributed by atoms with Gasteiger partial charge in [0.25, 0.3) is 5.91 Å². The number of methoxy groups -OCH3 is 2. The van der Waals surface area contributed by atoms with E-state index in [1.807, 2.05) is 12.1 Å². The van der Waals surface area contributed by atoms with Crippen LogP contribution in [0.3, 0.4) is 0 Å². The Balaban J connectivity index is 1.59. The summed E-state index contributed by atoms with van der Waals surface area (Å²) in [6.07, 6.45) is 6.18. The van der Waals surface area contributed by atoms with Gasteiger partial charge in [0.15, 0.2) is 12.4 Å². The van der Waals surface area contributed by atoms with E-state index in [2.05, 4.69) is 5.32 Å². The molecule has 0 aliphatic heterocycles. The van der Waals surface area contributed by atoms with Crippen LogP contribution >= 0.6 is 0 Å². The number of amides is 1. The van der Waals surface area contributed by atoms with Crippen molar-refractivity contribution < 1.29 is 28.6 Å². The lowest BCUT2D eigenvalue weighted by Crippen LogP contribution is -2.45. The highest BCUT2D eigenvalue weighted by atomic mass is 16.5. The molecule has 1 fully saturated rings. The number of carbonyl (C=O) groups excluding carboxylic acids is 3. The van der Waals surface area contributed by atoms with Gasteiger partial charge in [0, 0.05) is 17.2 Å². The molecule has 1 saturated carbocycles. The molecular formula is C28H35NO6. The van der Waals surface area contributed by atoms with E-state index in [4.69, 9.17) is 14.2 Å². The van der Waals surface area contributed by atoms with Crippen molar-refractivity contribution in [2.45, 2.75) is 57.9 Å². The third kappa shape index (κ3) is 7.07. The minimum absolute atomic E-state index is 0.246. The first-order chi connectivity index (χ1) is 16.8. The first-order valence-electron chi connectivity index (χ1n) is 12.2. The number of hydrogen-bond donors (Lipinski definition) is 1. The molecule has 0 radical (unpaired) electrons. The number of hydrogen-bond acceptors (Lipinski definition) is 6. The number of benzene rings is 2. The van der Waals surface area contributed by atoms with Gasteiger partial charge < -0.3 is 19.5 Å². The van der Waals surface area contributed by atoms with Crippen LogP contribution in [-0.4, -0.2) is 44.5 Å². The van der Waals surface area contributed by atoms with Crippen molar-refractivity contribution in [1.82, 2.24) is 5.32 Å². The van der Waals surface area contributed by atoms with Crippen LogP contribution in [0.5, 0.6) is 11.5 Å². The van der Waals surface area contributed by atoms with Gasteiger partial charge in [-0.05, 0) is 42.4 Å². The van der Waals surface area contributed by atoms with E-state index in [1.54, 1.807) is 44.2 Å². The molecule has 188 valence electrons. The Bertz CT molecular complexity index is 1000. The molecule has 1 aliphatic carbocycles. The summed E-state index contributed by atoms with van der Waals surface area (Å²) in [6, 6.07) is 11.5. The predicted octanol–water partition coefficient (Wildman–Crippen LogP) is 4.93. The van der Waals surface area contributed by atoms with Crippen molar-refractivity contribution in [2.24, 2.45) is 5.92 Å². The van der Waals surface area contributed by atoms with E-state index in [0.29, 0.717) is 23.0 Å². The standard InChI is InChI=1S/C28H35NO6/c1-18(2)26(29-27(31)22-14-23(33-3)16-24(15-22)34-4)28(32)35-17-25(30)21-12-10-20(11-13-21)19-8-6-5-7-9-19/h10-16,18-19,26H,5-9,17H2,1-4H3,(H,29,31). The van der Waals surface area contributed by atoms with Gasteiger partial charge in [-0.15, -0.1) is 0 Å². The van der Waals surface area contributed by atoms with Crippen molar-refractivity contribution in [3.63, 3.8) is 0 Å². The molecule has 2 aromatic carbocycles. The molecule has 1 N–H and O–H groups in total. The van der Waals surface area contributed by atoms with E-state index >= 15 is 0 Å². The average molecular weight is 482 g/mol. The Morgan fingerprint density at radius 2 is 1.49 bits per heavy atom. The molecule has 7 heteroatoms. The monoisotopic (exact) mass is 481 g/mol. The van der Waals surface area contributed by atoms with Gasteiger partial charge in [0.05, 0.1) is 14.2 Å². The van der Waals surface area contributed by atoms with Crippen LogP contribution in [0.4, 0.5) is 0 Å². The Hall–Kier alpha value is -3.35. The third-order valence-electron chi connectivity index (χ3n) is 6.48. The quantitative estimate of drug-likeness (QED) is 0.382. The first-order valence-corrected chi connectivity index (χ1v) is 12.2. The Kier molecular flexibility index (Phi) is 9.29. The molecule has 0 spiro atoms. The second-order valence-corrected chi connectivity index (χ2v) is 9.28. The molecule has 7 nitrogen and oxygen atoms in total. The summed E-state index contributed by atoms with van der Waals surface area (Å²) >= 11 is 0. The summed E-state index contributed by atoms with van der Waals surface area (Å²) in [6.45, 7) is 3.21. The number of ether oxygens (including phenoxy) is 3. The van der Waals surface area contributed by atoms with Crippen molar-refractivity contribution in [3.8, 4) is 11.5 Å². The first kappa shape index (κ1) is 26.3. The molecule has 0 saturated heterocycles. The molecule has 1 unspecified atom stereocenters. The maximum absolute atomic E-state index is 12.8.